The van der Waals surface area contributed by atoms with Crippen molar-refractivity contribution in [2.45, 2.75) is 19.4 Å². The predicted octanol–water partition coefficient (Wildman–Crippen LogP) is 2.79. The van der Waals surface area contributed by atoms with Crippen LogP contribution >= 0.6 is 11.6 Å². The molecule has 1 heterocycles. The average molecular weight is 196 g/mol. The molecule has 1 aliphatic rings. The molecule has 0 saturated carbocycles. The number of hydrogen-bond acceptors (Lipinski definition) is 1. The Morgan fingerprint density at radius 2 is 1.85 bits per heavy atom. The molecule has 70 valence electrons. The van der Waals surface area contributed by atoms with Crippen LogP contribution in [0.25, 0.3) is 0 Å². The van der Waals surface area contributed by atoms with Crippen LogP contribution in [0.3, 0.4) is 0 Å². The largest absolute Gasteiger partial charge is 0.304 e. The van der Waals surface area contributed by atoms with Crippen molar-refractivity contribution in [2.75, 3.05) is 6.54 Å². The van der Waals surface area contributed by atoms with Gasteiger partial charge < -0.3 is 5.32 Å². The second-order valence-corrected chi connectivity index (χ2v) is 4.42. The molecule has 1 saturated heterocycles. The Balaban J connectivity index is 2.31. The molecule has 1 atom stereocenters. The van der Waals surface area contributed by atoms with Gasteiger partial charge in [0.2, 0.25) is 0 Å². The van der Waals surface area contributed by atoms with Crippen molar-refractivity contribution < 1.29 is 0 Å². The first-order chi connectivity index (χ1) is 6.15. The first-order valence-electron chi connectivity index (χ1n) is 4.66. The summed E-state index contributed by atoms with van der Waals surface area (Å²) >= 11 is 5.84. The van der Waals surface area contributed by atoms with Gasteiger partial charge in [0.05, 0.1) is 5.54 Å². The lowest BCUT2D eigenvalue weighted by atomic mass is 9.88. The minimum absolute atomic E-state index is 0.227. The molecule has 1 fully saturated rings. The van der Waals surface area contributed by atoms with Gasteiger partial charge in [0.1, 0.15) is 0 Å². The van der Waals surface area contributed by atoms with E-state index in [1.165, 1.54) is 5.56 Å². The van der Waals surface area contributed by atoms with Gasteiger partial charge in [-0.15, -0.1) is 0 Å². The third kappa shape index (κ3) is 1.47. The fourth-order valence-electron chi connectivity index (χ4n) is 1.79. The topological polar surface area (TPSA) is 21.9 Å². The van der Waals surface area contributed by atoms with Crippen LogP contribution in [0.15, 0.2) is 24.3 Å². The molecule has 0 aliphatic carbocycles. The molecule has 1 aromatic rings. The molecular formula is C11H14ClN. The summed E-state index contributed by atoms with van der Waals surface area (Å²) in [7, 11) is 0. The molecular weight excluding hydrogens is 182 g/mol. The lowest BCUT2D eigenvalue weighted by molar-refractivity contribution is 0.472. The van der Waals surface area contributed by atoms with Crippen LogP contribution in [0, 0.1) is 5.92 Å². The van der Waals surface area contributed by atoms with E-state index in [1.54, 1.807) is 0 Å². The van der Waals surface area contributed by atoms with Gasteiger partial charge in [0.25, 0.3) is 0 Å². The highest BCUT2D eigenvalue weighted by Gasteiger charge is 2.46. The molecule has 0 aromatic heterocycles. The summed E-state index contributed by atoms with van der Waals surface area (Å²) in [5, 5.41) is 4.25. The van der Waals surface area contributed by atoms with Crippen LogP contribution in [-0.4, -0.2) is 6.54 Å². The van der Waals surface area contributed by atoms with E-state index in [9.17, 15) is 0 Å². The highest BCUT2D eigenvalue weighted by Crippen LogP contribution is 2.38. The highest BCUT2D eigenvalue weighted by atomic mass is 35.5. The third-order valence-electron chi connectivity index (χ3n) is 2.90. The molecule has 0 spiro atoms. The predicted molar refractivity (Wildman–Crippen MR) is 56.0 cm³/mol. The first-order valence-corrected chi connectivity index (χ1v) is 5.04. The standard InChI is InChI=1S/C11H14ClN/c1-8(2)11(7-13-11)9-3-5-10(12)6-4-9/h3-6,8,13H,7H2,1-2H3/t11-/m1/s1. The van der Waals surface area contributed by atoms with Crippen LogP contribution in [0.4, 0.5) is 0 Å². The van der Waals surface area contributed by atoms with Gasteiger partial charge in [-0.2, -0.15) is 0 Å². The van der Waals surface area contributed by atoms with E-state index in [0.29, 0.717) is 5.92 Å². The van der Waals surface area contributed by atoms with E-state index in [-0.39, 0.29) is 5.54 Å². The Kier molecular flexibility index (Phi) is 2.09. The van der Waals surface area contributed by atoms with Crippen molar-refractivity contribution in [1.82, 2.24) is 5.32 Å². The molecule has 1 nitrogen and oxygen atoms in total. The van der Waals surface area contributed by atoms with Crippen molar-refractivity contribution in [1.29, 1.82) is 0 Å². The maximum Gasteiger partial charge on any atom is 0.0585 e. The zero-order chi connectivity index (χ0) is 9.47. The van der Waals surface area contributed by atoms with E-state index in [4.69, 9.17) is 11.6 Å². The second kappa shape index (κ2) is 3.00. The monoisotopic (exact) mass is 195 g/mol. The molecule has 1 N–H and O–H groups in total. The summed E-state index contributed by atoms with van der Waals surface area (Å²) in [5.41, 5.74) is 1.58. The molecule has 2 heteroatoms. The summed E-state index contributed by atoms with van der Waals surface area (Å²) in [6, 6.07) is 8.15. The number of rotatable bonds is 2. The third-order valence-corrected chi connectivity index (χ3v) is 3.15. The van der Waals surface area contributed by atoms with Gasteiger partial charge in [-0.05, 0) is 23.6 Å². The smallest absolute Gasteiger partial charge is 0.0585 e. The van der Waals surface area contributed by atoms with Crippen molar-refractivity contribution in [2.24, 2.45) is 5.92 Å². The fourth-order valence-corrected chi connectivity index (χ4v) is 1.91. The van der Waals surface area contributed by atoms with Crippen molar-refractivity contribution >= 4 is 11.6 Å². The zero-order valence-corrected chi connectivity index (χ0v) is 8.73. The summed E-state index contributed by atoms with van der Waals surface area (Å²) in [5.74, 6) is 0.633. The van der Waals surface area contributed by atoms with E-state index in [0.717, 1.165) is 11.6 Å². The molecule has 0 amide bonds. The minimum Gasteiger partial charge on any atom is -0.304 e. The Morgan fingerprint density at radius 1 is 1.31 bits per heavy atom. The molecule has 0 unspecified atom stereocenters. The minimum atomic E-state index is 0.227. The Bertz CT molecular complexity index is 298. The van der Waals surface area contributed by atoms with Crippen LogP contribution < -0.4 is 5.32 Å². The maximum atomic E-state index is 5.84. The van der Waals surface area contributed by atoms with E-state index >= 15 is 0 Å². The van der Waals surface area contributed by atoms with Crippen LogP contribution in [-0.2, 0) is 5.54 Å². The lowest BCUT2D eigenvalue weighted by Crippen LogP contribution is -2.20. The first kappa shape index (κ1) is 9.04. The lowest BCUT2D eigenvalue weighted by Gasteiger charge is -2.18. The summed E-state index contributed by atoms with van der Waals surface area (Å²) in [6.07, 6.45) is 0. The van der Waals surface area contributed by atoms with Gasteiger partial charge in [0.15, 0.2) is 0 Å². The van der Waals surface area contributed by atoms with E-state index in [1.807, 2.05) is 12.1 Å². The van der Waals surface area contributed by atoms with E-state index in [2.05, 4.69) is 31.3 Å². The molecule has 0 bridgehead atoms. The van der Waals surface area contributed by atoms with Crippen molar-refractivity contribution in [3.8, 4) is 0 Å². The quantitative estimate of drug-likeness (QED) is 0.721. The highest BCUT2D eigenvalue weighted by molar-refractivity contribution is 6.30. The average Bonchev–Trinajstić information content (AvgIpc) is 2.86. The van der Waals surface area contributed by atoms with Crippen LogP contribution in [0.2, 0.25) is 5.02 Å². The summed E-state index contributed by atoms with van der Waals surface area (Å²) in [6.45, 7) is 5.58. The van der Waals surface area contributed by atoms with Gasteiger partial charge in [-0.1, -0.05) is 37.6 Å². The Morgan fingerprint density at radius 3 is 2.23 bits per heavy atom. The summed E-state index contributed by atoms with van der Waals surface area (Å²) in [4.78, 5) is 0. The SMILES string of the molecule is CC(C)[C@@]1(c2ccc(Cl)cc2)CN1. The van der Waals surface area contributed by atoms with Gasteiger partial charge in [-0.3, -0.25) is 0 Å². The number of benzene rings is 1. The Labute approximate surface area is 84.1 Å². The normalized spacial score (nSPS) is 26.5. The number of hydrogen-bond donors (Lipinski definition) is 1. The van der Waals surface area contributed by atoms with Gasteiger partial charge in [0, 0.05) is 11.6 Å². The molecule has 2 rings (SSSR count). The van der Waals surface area contributed by atoms with Gasteiger partial charge in [-0.25, -0.2) is 0 Å². The fraction of sp³-hybridized carbons (Fsp3) is 0.455. The molecule has 13 heavy (non-hydrogen) atoms. The van der Waals surface area contributed by atoms with E-state index < -0.39 is 0 Å². The van der Waals surface area contributed by atoms with Crippen molar-refractivity contribution in [3.63, 3.8) is 0 Å². The van der Waals surface area contributed by atoms with Gasteiger partial charge >= 0.3 is 0 Å². The summed E-state index contributed by atoms with van der Waals surface area (Å²) < 4.78 is 0. The van der Waals surface area contributed by atoms with Crippen LogP contribution in [0.5, 0.6) is 0 Å². The Hall–Kier alpha value is -0.530. The second-order valence-electron chi connectivity index (χ2n) is 3.99. The van der Waals surface area contributed by atoms with Crippen LogP contribution in [0.1, 0.15) is 19.4 Å². The molecule has 1 aliphatic heterocycles. The molecule has 1 aromatic carbocycles. The number of halogens is 1. The van der Waals surface area contributed by atoms with Crippen molar-refractivity contribution in [3.05, 3.63) is 34.9 Å². The molecule has 0 radical (unpaired) electrons. The number of nitrogens with one attached hydrogen (secondary N) is 1. The zero-order valence-electron chi connectivity index (χ0n) is 7.97. The maximum absolute atomic E-state index is 5.84.